The molecule has 22 heavy (non-hydrogen) atoms. The van der Waals surface area contributed by atoms with Crippen LogP contribution in [0, 0.1) is 5.82 Å². The third-order valence-electron chi connectivity index (χ3n) is 3.18. The van der Waals surface area contributed by atoms with Crippen LogP contribution in [0.4, 0.5) is 10.1 Å². The van der Waals surface area contributed by atoms with Gasteiger partial charge in [-0.25, -0.2) is 4.39 Å². The quantitative estimate of drug-likeness (QED) is 0.817. The van der Waals surface area contributed by atoms with E-state index < -0.39 is 0 Å². The number of carbonyl (C=O) groups is 1. The highest BCUT2D eigenvalue weighted by Crippen LogP contribution is 2.14. The normalized spacial score (nSPS) is 10.3. The van der Waals surface area contributed by atoms with Gasteiger partial charge in [-0.15, -0.1) is 0 Å². The molecule has 0 saturated heterocycles. The van der Waals surface area contributed by atoms with E-state index in [1.807, 2.05) is 12.1 Å². The number of benzene rings is 2. The first kappa shape index (κ1) is 16.3. The van der Waals surface area contributed by atoms with Gasteiger partial charge in [0.05, 0.1) is 0 Å². The summed E-state index contributed by atoms with van der Waals surface area (Å²) in [6.45, 7) is 0.947. The molecule has 0 fully saturated rings. The molecule has 0 radical (unpaired) electrons. The highest BCUT2D eigenvalue weighted by molar-refractivity contribution is 6.30. The molecule has 0 unspecified atom stereocenters. The summed E-state index contributed by atoms with van der Waals surface area (Å²) in [7, 11) is 0. The minimum atomic E-state index is -0.237. The average Bonchev–Trinajstić information content (AvgIpc) is 2.49. The van der Waals surface area contributed by atoms with Crippen molar-refractivity contribution in [3.05, 3.63) is 64.9 Å². The van der Waals surface area contributed by atoms with Gasteiger partial charge in [0, 0.05) is 30.2 Å². The zero-order chi connectivity index (χ0) is 15.8. The SMILES string of the molecule is O=C(CCNc1cccc(Cl)c1)NCCc1ccccc1F. The van der Waals surface area contributed by atoms with Gasteiger partial charge in [0.1, 0.15) is 5.82 Å². The van der Waals surface area contributed by atoms with Crippen LogP contribution < -0.4 is 10.6 Å². The molecular weight excluding hydrogens is 303 g/mol. The Morgan fingerprint density at radius 3 is 2.68 bits per heavy atom. The molecule has 2 N–H and O–H groups in total. The summed E-state index contributed by atoms with van der Waals surface area (Å²) in [5, 5.41) is 6.56. The maximum Gasteiger partial charge on any atom is 0.221 e. The molecule has 0 saturated carbocycles. The molecule has 5 heteroatoms. The van der Waals surface area contributed by atoms with Gasteiger partial charge < -0.3 is 10.6 Å². The van der Waals surface area contributed by atoms with Crippen LogP contribution >= 0.6 is 11.6 Å². The molecule has 0 aromatic heterocycles. The monoisotopic (exact) mass is 320 g/mol. The van der Waals surface area contributed by atoms with Crippen molar-refractivity contribution in [1.82, 2.24) is 5.32 Å². The van der Waals surface area contributed by atoms with E-state index in [4.69, 9.17) is 11.6 Å². The fraction of sp³-hybridized carbons (Fsp3) is 0.235. The second-order valence-electron chi connectivity index (χ2n) is 4.88. The first-order chi connectivity index (χ1) is 10.6. The number of amides is 1. The number of halogens is 2. The first-order valence-corrected chi connectivity index (χ1v) is 7.52. The molecule has 0 bridgehead atoms. The largest absolute Gasteiger partial charge is 0.384 e. The number of carbonyl (C=O) groups excluding carboxylic acids is 1. The van der Waals surface area contributed by atoms with Crippen LogP contribution in [0.5, 0.6) is 0 Å². The van der Waals surface area contributed by atoms with Gasteiger partial charge in [-0.1, -0.05) is 35.9 Å². The van der Waals surface area contributed by atoms with Gasteiger partial charge in [0.25, 0.3) is 0 Å². The average molecular weight is 321 g/mol. The van der Waals surface area contributed by atoms with Gasteiger partial charge in [-0.3, -0.25) is 4.79 Å². The van der Waals surface area contributed by atoms with E-state index in [-0.39, 0.29) is 11.7 Å². The van der Waals surface area contributed by atoms with Crippen molar-refractivity contribution in [1.29, 1.82) is 0 Å². The summed E-state index contributed by atoms with van der Waals surface area (Å²) in [6.07, 6.45) is 0.837. The van der Waals surface area contributed by atoms with Crippen molar-refractivity contribution in [3.8, 4) is 0 Å². The van der Waals surface area contributed by atoms with Crippen molar-refractivity contribution in [2.24, 2.45) is 0 Å². The van der Waals surface area contributed by atoms with Crippen molar-refractivity contribution in [3.63, 3.8) is 0 Å². The Labute approximate surface area is 134 Å². The summed E-state index contributed by atoms with van der Waals surface area (Å²) in [6, 6.07) is 13.9. The lowest BCUT2D eigenvalue weighted by molar-refractivity contribution is -0.120. The Balaban J connectivity index is 1.65. The first-order valence-electron chi connectivity index (χ1n) is 7.15. The Bertz CT molecular complexity index is 634. The third kappa shape index (κ3) is 5.37. The second kappa shape index (κ2) is 8.39. The highest BCUT2D eigenvalue weighted by Gasteiger charge is 2.03. The number of rotatable bonds is 7. The second-order valence-corrected chi connectivity index (χ2v) is 5.31. The fourth-order valence-electron chi connectivity index (χ4n) is 2.04. The third-order valence-corrected chi connectivity index (χ3v) is 3.42. The van der Waals surface area contributed by atoms with E-state index in [9.17, 15) is 9.18 Å². The summed E-state index contributed by atoms with van der Waals surface area (Å²) in [5.74, 6) is -0.301. The van der Waals surface area contributed by atoms with E-state index in [0.29, 0.717) is 36.5 Å². The molecule has 0 spiro atoms. The lowest BCUT2D eigenvalue weighted by Gasteiger charge is -2.08. The Morgan fingerprint density at radius 2 is 1.91 bits per heavy atom. The van der Waals surface area contributed by atoms with Crippen molar-refractivity contribution in [2.45, 2.75) is 12.8 Å². The molecule has 2 aromatic carbocycles. The molecule has 0 heterocycles. The molecule has 0 aliphatic rings. The van der Waals surface area contributed by atoms with Crippen LogP contribution in [0.3, 0.4) is 0 Å². The molecule has 116 valence electrons. The molecule has 0 atom stereocenters. The predicted octanol–water partition coefficient (Wildman–Crippen LogP) is 3.64. The van der Waals surface area contributed by atoms with Crippen molar-refractivity contribution in [2.75, 3.05) is 18.4 Å². The molecule has 0 aliphatic carbocycles. The molecule has 0 aliphatic heterocycles. The van der Waals surface area contributed by atoms with E-state index in [1.54, 1.807) is 30.3 Å². The van der Waals surface area contributed by atoms with E-state index in [2.05, 4.69) is 10.6 Å². The van der Waals surface area contributed by atoms with E-state index in [1.165, 1.54) is 6.07 Å². The Kier molecular flexibility index (Phi) is 6.22. The van der Waals surface area contributed by atoms with Crippen LogP contribution in [0.1, 0.15) is 12.0 Å². The van der Waals surface area contributed by atoms with Crippen LogP contribution in [-0.2, 0) is 11.2 Å². The maximum absolute atomic E-state index is 13.4. The van der Waals surface area contributed by atoms with Crippen molar-refractivity contribution < 1.29 is 9.18 Å². The number of anilines is 1. The number of hydrogen-bond acceptors (Lipinski definition) is 2. The number of nitrogens with one attached hydrogen (secondary N) is 2. The fourth-order valence-corrected chi connectivity index (χ4v) is 2.24. The number of hydrogen-bond donors (Lipinski definition) is 2. The topological polar surface area (TPSA) is 41.1 Å². The summed E-state index contributed by atoms with van der Waals surface area (Å²) in [4.78, 5) is 11.7. The summed E-state index contributed by atoms with van der Waals surface area (Å²) >= 11 is 5.88. The van der Waals surface area contributed by atoms with Gasteiger partial charge in [-0.05, 0) is 36.2 Å². The lowest BCUT2D eigenvalue weighted by Crippen LogP contribution is -2.27. The molecule has 2 aromatic rings. The van der Waals surface area contributed by atoms with Gasteiger partial charge in [0.2, 0.25) is 5.91 Å². The van der Waals surface area contributed by atoms with E-state index in [0.717, 1.165) is 5.69 Å². The van der Waals surface area contributed by atoms with Crippen LogP contribution in [0.2, 0.25) is 5.02 Å². The Morgan fingerprint density at radius 1 is 1.09 bits per heavy atom. The molecular formula is C17H18ClFN2O. The summed E-state index contributed by atoms with van der Waals surface area (Å²) < 4.78 is 13.4. The minimum absolute atomic E-state index is 0.0640. The highest BCUT2D eigenvalue weighted by atomic mass is 35.5. The zero-order valence-electron chi connectivity index (χ0n) is 12.1. The van der Waals surface area contributed by atoms with Crippen LogP contribution in [0.25, 0.3) is 0 Å². The zero-order valence-corrected chi connectivity index (χ0v) is 12.9. The molecule has 1 amide bonds. The standard InChI is InChI=1S/C17H18ClFN2O/c18-14-5-3-6-15(12-14)20-11-9-17(22)21-10-8-13-4-1-2-7-16(13)19/h1-7,12,20H,8-11H2,(H,21,22). The van der Waals surface area contributed by atoms with E-state index >= 15 is 0 Å². The predicted molar refractivity (Wildman–Crippen MR) is 87.7 cm³/mol. The van der Waals surface area contributed by atoms with Crippen molar-refractivity contribution >= 4 is 23.2 Å². The Hall–Kier alpha value is -2.07. The smallest absolute Gasteiger partial charge is 0.221 e. The molecule has 3 nitrogen and oxygen atoms in total. The lowest BCUT2D eigenvalue weighted by atomic mass is 10.1. The molecule has 2 rings (SSSR count). The summed E-state index contributed by atoms with van der Waals surface area (Å²) in [5.41, 5.74) is 1.49. The van der Waals surface area contributed by atoms with Gasteiger partial charge >= 0.3 is 0 Å². The van der Waals surface area contributed by atoms with Gasteiger partial charge in [-0.2, -0.15) is 0 Å². The minimum Gasteiger partial charge on any atom is -0.384 e. The van der Waals surface area contributed by atoms with Crippen LogP contribution in [-0.4, -0.2) is 19.0 Å². The van der Waals surface area contributed by atoms with Gasteiger partial charge in [0.15, 0.2) is 0 Å². The van der Waals surface area contributed by atoms with Crippen LogP contribution in [0.15, 0.2) is 48.5 Å². The maximum atomic E-state index is 13.4.